The molecular formula is C21H18N2O2. The average Bonchev–Trinajstić information content (AvgIpc) is 3.32. The van der Waals surface area contributed by atoms with Crippen LogP contribution < -0.4 is 0 Å². The summed E-state index contributed by atoms with van der Waals surface area (Å²) in [6.45, 7) is 0.403. The lowest BCUT2D eigenvalue weighted by Crippen LogP contribution is -2.09. The van der Waals surface area contributed by atoms with Crippen molar-refractivity contribution in [1.82, 2.24) is 9.55 Å². The fourth-order valence-corrected chi connectivity index (χ4v) is 2.97. The van der Waals surface area contributed by atoms with Gasteiger partial charge >= 0.3 is 0 Å². The Hall–Kier alpha value is -3.11. The van der Waals surface area contributed by atoms with Crippen molar-refractivity contribution in [1.29, 1.82) is 0 Å². The second kappa shape index (κ2) is 6.79. The molecule has 0 saturated heterocycles. The highest BCUT2D eigenvalue weighted by atomic mass is 16.3. The van der Waals surface area contributed by atoms with Gasteiger partial charge in [-0.25, -0.2) is 4.98 Å². The number of aliphatic hydroxyl groups is 1. The van der Waals surface area contributed by atoms with Crippen molar-refractivity contribution >= 4 is 0 Å². The molecule has 1 atom stereocenters. The van der Waals surface area contributed by atoms with E-state index < -0.39 is 6.10 Å². The van der Waals surface area contributed by atoms with Gasteiger partial charge in [0, 0.05) is 5.56 Å². The van der Waals surface area contributed by atoms with Crippen LogP contribution in [0.3, 0.4) is 0 Å². The molecule has 0 aliphatic carbocycles. The largest absolute Gasteiger partial charge is 0.463 e. The zero-order valence-electron chi connectivity index (χ0n) is 13.6. The van der Waals surface area contributed by atoms with Gasteiger partial charge in [-0.15, -0.1) is 0 Å². The Labute approximate surface area is 146 Å². The minimum Gasteiger partial charge on any atom is -0.463 e. The first kappa shape index (κ1) is 15.4. The lowest BCUT2D eigenvalue weighted by atomic mass is 10.1. The molecule has 0 aliphatic rings. The molecule has 1 N–H and O–H groups in total. The van der Waals surface area contributed by atoms with Gasteiger partial charge in [0.05, 0.1) is 30.9 Å². The number of benzene rings is 2. The topological polar surface area (TPSA) is 51.2 Å². The molecule has 124 valence electrons. The lowest BCUT2D eigenvalue weighted by Gasteiger charge is -2.14. The molecule has 0 saturated carbocycles. The molecule has 4 heteroatoms. The zero-order valence-corrected chi connectivity index (χ0v) is 13.6. The molecule has 0 aliphatic heterocycles. The lowest BCUT2D eigenvalue weighted by molar-refractivity contribution is 0.157. The first-order valence-corrected chi connectivity index (χ1v) is 8.20. The van der Waals surface area contributed by atoms with Crippen molar-refractivity contribution in [3.63, 3.8) is 0 Å². The van der Waals surface area contributed by atoms with E-state index in [0.717, 1.165) is 28.3 Å². The van der Waals surface area contributed by atoms with E-state index in [-0.39, 0.29) is 0 Å². The minimum atomic E-state index is -0.618. The maximum absolute atomic E-state index is 10.6. The van der Waals surface area contributed by atoms with Crippen LogP contribution in [0.2, 0.25) is 0 Å². The van der Waals surface area contributed by atoms with Crippen molar-refractivity contribution in [3.8, 4) is 22.7 Å². The molecule has 0 spiro atoms. The fourth-order valence-electron chi connectivity index (χ4n) is 2.97. The third kappa shape index (κ3) is 3.12. The Morgan fingerprint density at radius 3 is 2.32 bits per heavy atom. The Balaban J connectivity index is 1.75. The SMILES string of the molecule is OC(Cn1cnc(-c2ccccc2)c1-c1ccco1)c1ccccc1. The summed E-state index contributed by atoms with van der Waals surface area (Å²) in [6.07, 6.45) is 2.79. The molecular weight excluding hydrogens is 312 g/mol. The van der Waals surface area contributed by atoms with Gasteiger partial charge in [-0.3, -0.25) is 0 Å². The van der Waals surface area contributed by atoms with Gasteiger partial charge in [0.1, 0.15) is 5.69 Å². The fraction of sp³-hybridized carbons (Fsp3) is 0.0952. The highest BCUT2D eigenvalue weighted by Crippen LogP contribution is 2.32. The molecule has 4 aromatic rings. The monoisotopic (exact) mass is 330 g/mol. The van der Waals surface area contributed by atoms with E-state index in [2.05, 4.69) is 4.98 Å². The number of imidazole rings is 1. The van der Waals surface area contributed by atoms with Crippen molar-refractivity contribution < 1.29 is 9.52 Å². The van der Waals surface area contributed by atoms with Crippen LogP contribution in [0, 0.1) is 0 Å². The molecule has 25 heavy (non-hydrogen) atoms. The molecule has 4 nitrogen and oxygen atoms in total. The highest BCUT2D eigenvalue weighted by Gasteiger charge is 2.19. The molecule has 0 radical (unpaired) electrons. The van der Waals surface area contributed by atoms with Crippen molar-refractivity contribution in [2.45, 2.75) is 12.6 Å². The summed E-state index contributed by atoms with van der Waals surface area (Å²) in [4.78, 5) is 4.58. The smallest absolute Gasteiger partial charge is 0.152 e. The van der Waals surface area contributed by atoms with Crippen molar-refractivity contribution in [2.75, 3.05) is 0 Å². The predicted octanol–water partition coefficient (Wildman–Crippen LogP) is 4.54. The van der Waals surface area contributed by atoms with Gasteiger partial charge in [-0.1, -0.05) is 60.7 Å². The van der Waals surface area contributed by atoms with Crippen LogP contribution in [-0.2, 0) is 6.54 Å². The van der Waals surface area contributed by atoms with E-state index in [1.165, 1.54) is 0 Å². The van der Waals surface area contributed by atoms with Gasteiger partial charge in [0.2, 0.25) is 0 Å². The van der Waals surface area contributed by atoms with Crippen LogP contribution in [0.5, 0.6) is 0 Å². The van der Waals surface area contributed by atoms with Crippen LogP contribution in [0.1, 0.15) is 11.7 Å². The van der Waals surface area contributed by atoms with Gasteiger partial charge in [0.25, 0.3) is 0 Å². The van der Waals surface area contributed by atoms with E-state index in [1.54, 1.807) is 12.6 Å². The molecule has 0 bridgehead atoms. The quantitative estimate of drug-likeness (QED) is 0.584. The number of hydrogen-bond donors (Lipinski definition) is 1. The molecule has 0 fully saturated rings. The highest BCUT2D eigenvalue weighted by molar-refractivity contribution is 5.76. The van der Waals surface area contributed by atoms with Crippen LogP contribution >= 0.6 is 0 Å². The summed E-state index contributed by atoms with van der Waals surface area (Å²) >= 11 is 0. The predicted molar refractivity (Wildman–Crippen MR) is 96.8 cm³/mol. The van der Waals surface area contributed by atoms with E-state index in [1.807, 2.05) is 77.4 Å². The number of aliphatic hydroxyl groups excluding tert-OH is 1. The van der Waals surface area contributed by atoms with Gasteiger partial charge in [0.15, 0.2) is 5.76 Å². The van der Waals surface area contributed by atoms with E-state index in [0.29, 0.717) is 6.54 Å². The zero-order chi connectivity index (χ0) is 17.1. The third-order valence-corrected chi connectivity index (χ3v) is 4.19. The first-order chi connectivity index (χ1) is 12.3. The molecule has 2 heterocycles. The maximum atomic E-state index is 10.6. The molecule has 4 rings (SSSR count). The van der Waals surface area contributed by atoms with E-state index in [9.17, 15) is 5.11 Å². The number of hydrogen-bond acceptors (Lipinski definition) is 3. The Kier molecular flexibility index (Phi) is 4.19. The molecule has 2 aromatic heterocycles. The van der Waals surface area contributed by atoms with Gasteiger partial charge in [-0.2, -0.15) is 0 Å². The number of rotatable bonds is 5. The summed E-state index contributed by atoms with van der Waals surface area (Å²) in [5.41, 5.74) is 3.60. The second-order valence-corrected chi connectivity index (χ2v) is 5.86. The Morgan fingerprint density at radius 2 is 1.64 bits per heavy atom. The number of nitrogens with zero attached hydrogens (tertiary/aromatic N) is 2. The number of aromatic nitrogens is 2. The summed E-state index contributed by atoms with van der Waals surface area (Å²) in [7, 11) is 0. The standard InChI is InChI=1S/C21H18N2O2/c24-18(16-8-3-1-4-9-16)14-23-15-22-20(17-10-5-2-6-11-17)21(23)19-12-7-13-25-19/h1-13,15,18,24H,14H2. The van der Waals surface area contributed by atoms with Gasteiger partial charge < -0.3 is 14.1 Å². The van der Waals surface area contributed by atoms with Crippen molar-refractivity contribution in [2.24, 2.45) is 0 Å². The molecule has 1 unspecified atom stereocenters. The van der Waals surface area contributed by atoms with Crippen molar-refractivity contribution in [3.05, 3.63) is 91.0 Å². The van der Waals surface area contributed by atoms with Crippen LogP contribution in [0.4, 0.5) is 0 Å². The first-order valence-electron chi connectivity index (χ1n) is 8.20. The molecule has 0 amide bonds. The number of furan rings is 1. The van der Waals surface area contributed by atoms with E-state index >= 15 is 0 Å². The Morgan fingerprint density at radius 1 is 0.920 bits per heavy atom. The third-order valence-electron chi connectivity index (χ3n) is 4.19. The van der Waals surface area contributed by atoms with Crippen LogP contribution in [-0.4, -0.2) is 14.7 Å². The van der Waals surface area contributed by atoms with Crippen LogP contribution in [0.15, 0.2) is 89.8 Å². The summed E-state index contributed by atoms with van der Waals surface area (Å²) in [6, 6.07) is 23.4. The summed E-state index contributed by atoms with van der Waals surface area (Å²) < 4.78 is 7.57. The second-order valence-electron chi connectivity index (χ2n) is 5.86. The molecule has 2 aromatic carbocycles. The maximum Gasteiger partial charge on any atom is 0.152 e. The van der Waals surface area contributed by atoms with Crippen LogP contribution in [0.25, 0.3) is 22.7 Å². The average molecular weight is 330 g/mol. The van der Waals surface area contributed by atoms with E-state index in [4.69, 9.17) is 4.42 Å². The summed E-state index contributed by atoms with van der Waals surface area (Å²) in [5.74, 6) is 0.733. The van der Waals surface area contributed by atoms with Gasteiger partial charge in [-0.05, 0) is 17.7 Å². The minimum absolute atomic E-state index is 0.403. The normalized spacial score (nSPS) is 12.2. The Bertz CT molecular complexity index is 929. The summed E-state index contributed by atoms with van der Waals surface area (Å²) in [5, 5.41) is 10.6.